The van der Waals surface area contributed by atoms with Gasteiger partial charge in [-0.1, -0.05) is 222 Å². The van der Waals surface area contributed by atoms with Crippen molar-refractivity contribution in [3.05, 3.63) is 182 Å². The van der Waals surface area contributed by atoms with Crippen LogP contribution in [0.4, 0.5) is 0 Å². The summed E-state index contributed by atoms with van der Waals surface area (Å²) < 4.78 is 16.7. The number of unbranched alkanes of at least 4 members (excludes halogenated alkanes) is 9. The summed E-state index contributed by atoms with van der Waals surface area (Å²) in [7, 11) is 0. The molecular weight excluding hydrogens is 817 g/mol. The quantitative estimate of drug-likeness (QED) is 0.0200. The van der Waals surface area contributed by atoms with E-state index in [2.05, 4.69) is 93.7 Å². The maximum Gasteiger partial charge on any atom is 0.306 e. The molecule has 0 amide bonds. The van der Waals surface area contributed by atoms with Crippen LogP contribution in [0.5, 0.6) is 0 Å². The van der Waals surface area contributed by atoms with Gasteiger partial charge in [0.25, 0.3) is 0 Å². The molecular formula is C60H86O6. The zero-order valence-electron chi connectivity index (χ0n) is 41.1. The normalized spacial score (nSPS) is 13.7. The minimum atomic E-state index is -0.842. The van der Waals surface area contributed by atoms with Gasteiger partial charge in [0.05, 0.1) is 0 Å². The van der Waals surface area contributed by atoms with Gasteiger partial charge in [-0.2, -0.15) is 0 Å². The Kier molecular flexibility index (Phi) is 47.8. The molecule has 0 aliphatic heterocycles. The van der Waals surface area contributed by atoms with Gasteiger partial charge < -0.3 is 14.2 Å². The molecule has 66 heavy (non-hydrogen) atoms. The van der Waals surface area contributed by atoms with E-state index in [0.717, 1.165) is 96.3 Å². The van der Waals surface area contributed by atoms with Crippen molar-refractivity contribution in [2.75, 3.05) is 13.2 Å². The second-order valence-corrected chi connectivity index (χ2v) is 15.5. The summed E-state index contributed by atoms with van der Waals surface area (Å²) >= 11 is 0. The molecule has 0 aliphatic carbocycles. The van der Waals surface area contributed by atoms with Gasteiger partial charge in [0, 0.05) is 19.3 Å². The van der Waals surface area contributed by atoms with Crippen LogP contribution >= 0.6 is 0 Å². The minimum Gasteiger partial charge on any atom is -0.462 e. The number of ether oxygens (including phenoxy) is 3. The fourth-order valence-electron chi connectivity index (χ4n) is 5.78. The van der Waals surface area contributed by atoms with Crippen LogP contribution in [0.15, 0.2) is 182 Å². The number of carbonyl (C=O) groups excluding carboxylic acids is 3. The van der Waals surface area contributed by atoms with Crippen LogP contribution in [0.25, 0.3) is 0 Å². The summed E-state index contributed by atoms with van der Waals surface area (Å²) in [6, 6.07) is 0. The first-order valence-corrected chi connectivity index (χ1v) is 24.9. The number of hydrogen-bond acceptors (Lipinski definition) is 6. The maximum atomic E-state index is 12.8. The number of allylic oxidation sites excluding steroid dienone is 30. The van der Waals surface area contributed by atoms with Crippen LogP contribution in [0.2, 0.25) is 0 Å². The molecule has 0 aromatic carbocycles. The molecule has 0 spiro atoms. The molecule has 0 fully saturated rings. The molecule has 362 valence electrons. The summed E-state index contributed by atoms with van der Waals surface area (Å²) in [4.78, 5) is 38.0. The van der Waals surface area contributed by atoms with Crippen molar-refractivity contribution in [3.8, 4) is 0 Å². The molecule has 0 rings (SSSR count). The van der Waals surface area contributed by atoms with Gasteiger partial charge >= 0.3 is 17.9 Å². The van der Waals surface area contributed by atoms with E-state index in [4.69, 9.17) is 14.2 Å². The molecule has 1 atom stereocenters. The molecule has 0 aromatic rings. The molecule has 0 aromatic heterocycles. The summed E-state index contributed by atoms with van der Waals surface area (Å²) in [5, 5.41) is 0. The third kappa shape index (κ3) is 49.5. The average molecular weight is 903 g/mol. The molecule has 0 aliphatic rings. The fraction of sp³-hybridized carbons (Fsp3) is 0.450. The molecule has 6 heteroatoms. The highest BCUT2D eigenvalue weighted by atomic mass is 16.6. The predicted octanol–water partition coefficient (Wildman–Crippen LogP) is 16.6. The minimum absolute atomic E-state index is 0.139. The van der Waals surface area contributed by atoms with E-state index in [0.29, 0.717) is 19.3 Å². The second-order valence-electron chi connectivity index (χ2n) is 15.5. The Hall–Kier alpha value is -5.49. The van der Waals surface area contributed by atoms with E-state index >= 15 is 0 Å². The van der Waals surface area contributed by atoms with Crippen molar-refractivity contribution in [1.82, 2.24) is 0 Å². The topological polar surface area (TPSA) is 78.9 Å². The van der Waals surface area contributed by atoms with Gasteiger partial charge in [-0.3, -0.25) is 14.4 Å². The highest BCUT2D eigenvalue weighted by Crippen LogP contribution is 2.11. The van der Waals surface area contributed by atoms with Crippen LogP contribution in [0, 0.1) is 0 Å². The van der Waals surface area contributed by atoms with Gasteiger partial charge in [-0.05, 0) is 96.3 Å². The van der Waals surface area contributed by atoms with Gasteiger partial charge in [-0.25, -0.2) is 0 Å². The van der Waals surface area contributed by atoms with Crippen molar-refractivity contribution >= 4 is 17.9 Å². The first-order valence-electron chi connectivity index (χ1n) is 24.9. The molecule has 0 bridgehead atoms. The van der Waals surface area contributed by atoms with Crippen molar-refractivity contribution in [2.24, 2.45) is 0 Å². The molecule has 1 unspecified atom stereocenters. The highest BCUT2D eigenvalue weighted by molar-refractivity contribution is 5.71. The lowest BCUT2D eigenvalue weighted by atomic mass is 10.1. The second kappa shape index (κ2) is 52.1. The standard InChI is InChI=1S/C60H86O6/c1-4-7-10-13-16-19-22-25-28-30-33-35-38-41-44-47-50-53-59(62)65-56-57(55-64-58(61)52-49-46-43-40-37-34-31-27-24-21-18-15-12-9-6-3)66-60(63)54-51-48-45-42-39-36-32-29-26-23-20-17-14-11-8-5-2/h7-13,15-22,24-31,33-39,57H,4-6,14,23,32,40-56H2,1-3H3/b10-7-,11-8-,12-9-,16-13-,18-15-,20-17-,22-19-,24-21-,28-25-,29-26-,31-27-,33-30+,37-34-,38-35-,39-36-. The Morgan fingerprint density at radius 1 is 0.318 bits per heavy atom. The monoisotopic (exact) mass is 903 g/mol. The molecule has 0 radical (unpaired) electrons. The van der Waals surface area contributed by atoms with Crippen molar-refractivity contribution in [2.45, 2.75) is 162 Å². The molecule has 0 N–H and O–H groups in total. The van der Waals surface area contributed by atoms with E-state index in [1.807, 2.05) is 109 Å². The Morgan fingerprint density at radius 2 is 0.621 bits per heavy atom. The Morgan fingerprint density at radius 3 is 1.00 bits per heavy atom. The number of rotatable bonds is 41. The number of esters is 3. The SMILES string of the molecule is CC\C=C/C=C\C=C/C=C\C=C/CCCCCC(=O)OCC(COC(=O)CCCCC\C=C/C=C/C=C\C=C/C=C\C=C/CC)OC(=O)CCCCC/C=C\C/C=C\C/C=C\C/C=C\CC. The average Bonchev–Trinajstić information content (AvgIpc) is 3.31. The third-order valence-corrected chi connectivity index (χ3v) is 9.43. The molecule has 0 saturated heterocycles. The van der Waals surface area contributed by atoms with E-state index in [1.54, 1.807) is 0 Å². The first-order chi connectivity index (χ1) is 32.5. The van der Waals surface area contributed by atoms with Crippen LogP contribution in [0.1, 0.15) is 156 Å². The number of hydrogen-bond donors (Lipinski definition) is 0. The molecule has 6 nitrogen and oxygen atoms in total. The smallest absolute Gasteiger partial charge is 0.306 e. The predicted molar refractivity (Wildman–Crippen MR) is 283 cm³/mol. The van der Waals surface area contributed by atoms with Crippen molar-refractivity contribution < 1.29 is 28.6 Å². The Bertz CT molecular complexity index is 1650. The van der Waals surface area contributed by atoms with Gasteiger partial charge in [-0.15, -0.1) is 0 Å². The first kappa shape index (κ1) is 60.5. The van der Waals surface area contributed by atoms with Gasteiger partial charge in [0.15, 0.2) is 6.10 Å². The lowest BCUT2D eigenvalue weighted by Crippen LogP contribution is -2.30. The fourth-order valence-corrected chi connectivity index (χ4v) is 5.78. The van der Waals surface area contributed by atoms with E-state index in [1.165, 1.54) is 0 Å². The van der Waals surface area contributed by atoms with Crippen LogP contribution < -0.4 is 0 Å². The summed E-state index contributed by atoms with van der Waals surface area (Å²) in [6.07, 6.45) is 78.7. The van der Waals surface area contributed by atoms with Crippen molar-refractivity contribution in [3.63, 3.8) is 0 Å². The Balaban J connectivity index is 4.67. The number of carbonyl (C=O) groups is 3. The third-order valence-electron chi connectivity index (χ3n) is 9.43. The molecule has 0 heterocycles. The summed E-state index contributed by atoms with van der Waals surface area (Å²) in [5.41, 5.74) is 0. The molecule has 0 saturated carbocycles. The van der Waals surface area contributed by atoms with E-state index < -0.39 is 6.10 Å². The summed E-state index contributed by atoms with van der Waals surface area (Å²) in [5.74, 6) is -1.07. The Labute approximate surface area is 402 Å². The van der Waals surface area contributed by atoms with Crippen molar-refractivity contribution in [1.29, 1.82) is 0 Å². The van der Waals surface area contributed by atoms with E-state index in [-0.39, 0.29) is 50.4 Å². The highest BCUT2D eigenvalue weighted by Gasteiger charge is 2.19. The lowest BCUT2D eigenvalue weighted by Gasteiger charge is -2.18. The maximum absolute atomic E-state index is 12.8. The van der Waals surface area contributed by atoms with Gasteiger partial charge in [0.1, 0.15) is 13.2 Å². The lowest BCUT2D eigenvalue weighted by molar-refractivity contribution is -0.167. The largest absolute Gasteiger partial charge is 0.462 e. The zero-order valence-corrected chi connectivity index (χ0v) is 41.1. The van der Waals surface area contributed by atoms with E-state index in [9.17, 15) is 14.4 Å². The summed E-state index contributed by atoms with van der Waals surface area (Å²) in [6.45, 7) is 6.09. The van der Waals surface area contributed by atoms with Crippen LogP contribution in [0.3, 0.4) is 0 Å². The van der Waals surface area contributed by atoms with Crippen LogP contribution in [-0.2, 0) is 28.6 Å². The zero-order chi connectivity index (χ0) is 47.9. The van der Waals surface area contributed by atoms with Gasteiger partial charge in [0.2, 0.25) is 0 Å². The van der Waals surface area contributed by atoms with Crippen LogP contribution in [-0.4, -0.2) is 37.2 Å².